The molecule has 0 saturated carbocycles. The van der Waals surface area contributed by atoms with Gasteiger partial charge in [0, 0.05) is 27.6 Å². The summed E-state index contributed by atoms with van der Waals surface area (Å²) in [7, 11) is 0. The molecule has 0 aliphatic heterocycles. The first kappa shape index (κ1) is 33.1. The van der Waals surface area contributed by atoms with E-state index < -0.39 is 0 Å². The summed E-state index contributed by atoms with van der Waals surface area (Å²) in [5, 5.41) is 3.57. The summed E-state index contributed by atoms with van der Waals surface area (Å²) in [6.07, 6.45) is 0. The molecule has 56 heavy (non-hydrogen) atoms. The van der Waals surface area contributed by atoms with Crippen molar-refractivity contribution in [2.45, 2.75) is 0 Å². The van der Waals surface area contributed by atoms with E-state index >= 15 is 0 Å². The molecule has 0 bridgehead atoms. The fraction of sp³-hybridized carbons (Fsp3) is 0. The van der Waals surface area contributed by atoms with Crippen LogP contribution < -0.4 is 0 Å². The van der Waals surface area contributed by atoms with Gasteiger partial charge in [0.25, 0.3) is 0 Å². The predicted octanol–water partition coefficient (Wildman–Crippen LogP) is 13.8. The summed E-state index contributed by atoms with van der Waals surface area (Å²) in [6.45, 7) is 0. The molecule has 3 nitrogen and oxygen atoms in total. The standard InChI is InChI=1S/C53H35N3/c1-4-14-36(15-5-1)43-22-13-24-45(33-43)51-35-50(55-53(56-51)41-19-8-3-9-20-41)40-28-26-37(27-29-40)42-21-12-23-44(32-42)47-34-49(39-17-6-2-7-18-39)54-48-31-30-38-16-10-11-25-46(38)52(47)48/h1-35H. The maximum atomic E-state index is 5.16. The number of rotatable bonds is 7. The summed E-state index contributed by atoms with van der Waals surface area (Å²) in [4.78, 5) is 15.4. The molecule has 8 aromatic carbocycles. The summed E-state index contributed by atoms with van der Waals surface area (Å²) in [6, 6.07) is 74.6. The lowest BCUT2D eigenvalue weighted by molar-refractivity contribution is 1.18. The van der Waals surface area contributed by atoms with Gasteiger partial charge in [-0.1, -0.05) is 182 Å². The zero-order valence-electron chi connectivity index (χ0n) is 30.5. The Morgan fingerprint density at radius 3 is 1.46 bits per heavy atom. The molecule has 0 spiro atoms. The van der Waals surface area contributed by atoms with Crippen LogP contribution >= 0.6 is 0 Å². The highest BCUT2D eigenvalue weighted by Gasteiger charge is 2.15. The Balaban J connectivity index is 1.05. The largest absolute Gasteiger partial charge is 0.248 e. The molecule has 10 rings (SSSR count). The Morgan fingerprint density at radius 1 is 0.268 bits per heavy atom. The Morgan fingerprint density at radius 2 is 0.750 bits per heavy atom. The van der Waals surface area contributed by atoms with E-state index in [0.717, 1.165) is 67.1 Å². The van der Waals surface area contributed by atoms with Crippen LogP contribution in [-0.2, 0) is 0 Å². The van der Waals surface area contributed by atoms with Crippen molar-refractivity contribution >= 4 is 21.7 Å². The second-order valence-electron chi connectivity index (χ2n) is 14.0. The van der Waals surface area contributed by atoms with E-state index in [9.17, 15) is 0 Å². The minimum atomic E-state index is 0.701. The molecular formula is C53H35N3. The summed E-state index contributed by atoms with van der Waals surface area (Å²) in [5.74, 6) is 0.701. The van der Waals surface area contributed by atoms with Gasteiger partial charge in [0.05, 0.1) is 22.6 Å². The zero-order valence-corrected chi connectivity index (χ0v) is 30.5. The van der Waals surface area contributed by atoms with Crippen molar-refractivity contribution in [2.75, 3.05) is 0 Å². The van der Waals surface area contributed by atoms with Crippen molar-refractivity contribution < 1.29 is 0 Å². The minimum Gasteiger partial charge on any atom is -0.248 e. The third kappa shape index (κ3) is 6.42. The van der Waals surface area contributed by atoms with Gasteiger partial charge in [-0.25, -0.2) is 15.0 Å². The van der Waals surface area contributed by atoms with Crippen molar-refractivity contribution in [2.24, 2.45) is 0 Å². The molecule has 0 N–H and O–H groups in total. The van der Waals surface area contributed by atoms with Crippen LogP contribution in [0, 0.1) is 0 Å². The number of nitrogens with zero attached hydrogens (tertiary/aromatic N) is 3. The monoisotopic (exact) mass is 713 g/mol. The SMILES string of the molecule is c1ccc(-c2cccc(-c3cc(-c4ccc(-c5cccc(-c6cc(-c7ccccc7)nc7ccc8ccccc8c67)c5)cc4)nc(-c4ccccc4)n3)c2)cc1. The fourth-order valence-electron chi connectivity index (χ4n) is 7.64. The van der Waals surface area contributed by atoms with Crippen molar-refractivity contribution in [1.29, 1.82) is 0 Å². The molecule has 0 atom stereocenters. The van der Waals surface area contributed by atoms with Crippen LogP contribution in [0.15, 0.2) is 212 Å². The smallest absolute Gasteiger partial charge is 0.160 e. The lowest BCUT2D eigenvalue weighted by Crippen LogP contribution is -1.96. The number of pyridine rings is 1. The fourth-order valence-corrected chi connectivity index (χ4v) is 7.64. The minimum absolute atomic E-state index is 0.701. The highest BCUT2D eigenvalue weighted by Crippen LogP contribution is 2.38. The lowest BCUT2D eigenvalue weighted by atomic mass is 9.92. The molecule has 3 heteroatoms. The summed E-state index contributed by atoms with van der Waals surface area (Å²) < 4.78 is 0. The van der Waals surface area contributed by atoms with Gasteiger partial charge in [-0.15, -0.1) is 0 Å². The summed E-state index contributed by atoms with van der Waals surface area (Å²) in [5.41, 5.74) is 14.8. The number of benzene rings is 8. The van der Waals surface area contributed by atoms with Gasteiger partial charge >= 0.3 is 0 Å². The maximum Gasteiger partial charge on any atom is 0.160 e. The second kappa shape index (κ2) is 14.4. The Bertz CT molecular complexity index is 2990. The topological polar surface area (TPSA) is 38.7 Å². The van der Waals surface area contributed by atoms with E-state index in [-0.39, 0.29) is 0 Å². The van der Waals surface area contributed by atoms with Gasteiger partial charge in [-0.2, -0.15) is 0 Å². The van der Waals surface area contributed by atoms with E-state index in [1.807, 2.05) is 30.3 Å². The second-order valence-corrected chi connectivity index (χ2v) is 14.0. The van der Waals surface area contributed by atoms with Crippen molar-refractivity contribution in [3.05, 3.63) is 212 Å². The average molecular weight is 714 g/mol. The Hall–Kier alpha value is -7.49. The maximum absolute atomic E-state index is 5.16. The highest BCUT2D eigenvalue weighted by atomic mass is 14.9. The van der Waals surface area contributed by atoms with Crippen molar-refractivity contribution in [3.8, 4) is 78.5 Å². The van der Waals surface area contributed by atoms with Crippen LogP contribution in [0.3, 0.4) is 0 Å². The molecule has 0 amide bonds. The molecule has 10 aromatic rings. The van der Waals surface area contributed by atoms with Crippen LogP contribution in [-0.4, -0.2) is 15.0 Å². The Labute approximate surface area is 326 Å². The molecule has 0 radical (unpaired) electrons. The van der Waals surface area contributed by atoms with Gasteiger partial charge < -0.3 is 0 Å². The van der Waals surface area contributed by atoms with E-state index in [0.29, 0.717) is 5.82 Å². The van der Waals surface area contributed by atoms with Crippen LogP contribution in [0.4, 0.5) is 0 Å². The van der Waals surface area contributed by atoms with Crippen LogP contribution in [0.5, 0.6) is 0 Å². The van der Waals surface area contributed by atoms with Gasteiger partial charge in [0.15, 0.2) is 5.82 Å². The van der Waals surface area contributed by atoms with Crippen LogP contribution in [0.1, 0.15) is 0 Å². The number of hydrogen-bond acceptors (Lipinski definition) is 3. The average Bonchev–Trinajstić information content (AvgIpc) is 3.29. The van der Waals surface area contributed by atoms with Crippen LogP contribution in [0.2, 0.25) is 0 Å². The van der Waals surface area contributed by atoms with Crippen molar-refractivity contribution in [1.82, 2.24) is 15.0 Å². The normalized spacial score (nSPS) is 11.2. The molecule has 262 valence electrons. The molecule has 2 aromatic heterocycles. The van der Waals surface area contributed by atoms with Gasteiger partial charge in [0.1, 0.15) is 0 Å². The Kier molecular flexibility index (Phi) is 8.51. The third-order valence-electron chi connectivity index (χ3n) is 10.5. The molecule has 2 heterocycles. The zero-order chi connectivity index (χ0) is 37.3. The molecule has 0 fully saturated rings. The van der Waals surface area contributed by atoms with Crippen LogP contribution in [0.25, 0.3) is 100 Å². The quantitative estimate of drug-likeness (QED) is 0.154. The highest BCUT2D eigenvalue weighted by molar-refractivity contribution is 6.14. The number of hydrogen-bond donors (Lipinski definition) is 0. The molecule has 0 unspecified atom stereocenters. The molecule has 0 aliphatic rings. The first-order chi connectivity index (χ1) is 27.7. The van der Waals surface area contributed by atoms with E-state index in [1.165, 1.54) is 27.3 Å². The predicted molar refractivity (Wildman–Crippen MR) is 233 cm³/mol. The number of aromatic nitrogens is 3. The van der Waals surface area contributed by atoms with E-state index in [4.69, 9.17) is 15.0 Å². The third-order valence-corrected chi connectivity index (χ3v) is 10.5. The molecule has 0 saturated heterocycles. The van der Waals surface area contributed by atoms with Gasteiger partial charge in [-0.05, 0) is 74.5 Å². The van der Waals surface area contributed by atoms with Crippen molar-refractivity contribution in [3.63, 3.8) is 0 Å². The lowest BCUT2D eigenvalue weighted by Gasteiger charge is -2.14. The van der Waals surface area contributed by atoms with E-state index in [1.54, 1.807) is 0 Å². The summed E-state index contributed by atoms with van der Waals surface area (Å²) >= 11 is 0. The molecule has 0 aliphatic carbocycles. The molecular weight excluding hydrogens is 679 g/mol. The van der Waals surface area contributed by atoms with E-state index in [2.05, 4.69) is 182 Å². The first-order valence-corrected chi connectivity index (χ1v) is 18.9. The van der Waals surface area contributed by atoms with Gasteiger partial charge in [-0.3, -0.25) is 0 Å². The first-order valence-electron chi connectivity index (χ1n) is 18.9. The van der Waals surface area contributed by atoms with Gasteiger partial charge in [0.2, 0.25) is 0 Å². The number of fused-ring (bicyclic) bond motifs is 3.